The minimum absolute atomic E-state index is 0. The molecule has 0 radical (unpaired) electrons. The number of alkyl halides is 3. The normalized spacial score (nSPS) is 10.7. The second-order valence-electron chi connectivity index (χ2n) is 2.61. The van der Waals surface area contributed by atoms with E-state index in [1.807, 2.05) is 0 Å². The van der Waals surface area contributed by atoms with Crippen molar-refractivity contribution in [2.75, 3.05) is 0 Å². The van der Waals surface area contributed by atoms with Crippen molar-refractivity contribution in [3.63, 3.8) is 0 Å². The topological polar surface area (TPSA) is 49.9 Å². The first-order valence-electron chi connectivity index (χ1n) is 3.53. The van der Waals surface area contributed by atoms with Gasteiger partial charge in [0.2, 0.25) is 0 Å². The van der Waals surface area contributed by atoms with Gasteiger partial charge in [-0.25, -0.2) is 4.39 Å². The van der Waals surface area contributed by atoms with Crippen LogP contribution in [0.15, 0.2) is 18.2 Å². The zero-order valence-electron chi connectivity index (χ0n) is 7.23. The quantitative estimate of drug-likeness (QED) is 0.444. The smallest absolute Gasteiger partial charge is 0.384 e. The molecule has 3 N–H and O–H groups in total. The van der Waals surface area contributed by atoms with Crippen LogP contribution in [0.4, 0.5) is 17.6 Å². The lowest BCUT2D eigenvalue weighted by Crippen LogP contribution is -2.14. The molecule has 0 aliphatic heterocycles. The molecule has 0 amide bonds. The summed E-state index contributed by atoms with van der Waals surface area (Å²) in [5, 5.41) is 6.90. The lowest BCUT2D eigenvalue weighted by atomic mass is 10.1. The molecule has 0 bridgehead atoms. The van der Waals surface area contributed by atoms with Gasteiger partial charge in [-0.3, -0.25) is 5.41 Å². The molecule has 7 heteroatoms. The van der Waals surface area contributed by atoms with Crippen LogP contribution in [-0.2, 0) is 6.18 Å². The molecule has 1 rings (SSSR count). The number of halogens is 5. The van der Waals surface area contributed by atoms with Crippen LogP contribution in [-0.4, -0.2) is 5.84 Å². The van der Waals surface area contributed by atoms with Crippen LogP contribution in [0.1, 0.15) is 11.1 Å². The van der Waals surface area contributed by atoms with Gasteiger partial charge >= 0.3 is 6.18 Å². The predicted octanol–water partition coefficient (Wildman–Crippen LogP) is 2.55. The van der Waals surface area contributed by atoms with Crippen LogP contribution >= 0.6 is 12.4 Å². The monoisotopic (exact) mass is 242 g/mol. The summed E-state index contributed by atoms with van der Waals surface area (Å²) in [6.07, 6.45) is -4.77. The highest BCUT2D eigenvalue weighted by Crippen LogP contribution is 2.31. The van der Waals surface area contributed by atoms with Gasteiger partial charge < -0.3 is 5.73 Å². The number of nitrogens with one attached hydrogen (secondary N) is 1. The number of amidine groups is 1. The Morgan fingerprint density at radius 2 is 1.80 bits per heavy atom. The molecule has 84 valence electrons. The Morgan fingerprint density at radius 1 is 1.27 bits per heavy atom. The summed E-state index contributed by atoms with van der Waals surface area (Å²) < 4.78 is 49.1. The molecule has 0 fully saturated rings. The van der Waals surface area contributed by atoms with Gasteiger partial charge in [-0.1, -0.05) is 0 Å². The Balaban J connectivity index is 0.00000196. The number of nitrogens with two attached hydrogens (primary N) is 1. The van der Waals surface area contributed by atoms with E-state index in [1.165, 1.54) is 0 Å². The van der Waals surface area contributed by atoms with Gasteiger partial charge in [0.25, 0.3) is 0 Å². The van der Waals surface area contributed by atoms with E-state index in [9.17, 15) is 17.6 Å². The van der Waals surface area contributed by atoms with Gasteiger partial charge in [0.15, 0.2) is 0 Å². The minimum atomic E-state index is -4.77. The summed E-state index contributed by atoms with van der Waals surface area (Å²) in [6, 6.07) is 2.17. The molecule has 1 aromatic rings. The lowest BCUT2D eigenvalue weighted by molar-refractivity contribution is -0.140. The molecular formula is C8H7ClF4N2. The Labute approximate surface area is 89.0 Å². The number of hydrogen-bond acceptors (Lipinski definition) is 1. The Bertz CT molecular complexity index is 375. The number of rotatable bonds is 1. The summed E-state index contributed by atoms with van der Waals surface area (Å²) >= 11 is 0. The third-order valence-electron chi connectivity index (χ3n) is 1.58. The van der Waals surface area contributed by atoms with E-state index < -0.39 is 23.4 Å². The van der Waals surface area contributed by atoms with E-state index in [1.54, 1.807) is 0 Å². The van der Waals surface area contributed by atoms with Gasteiger partial charge in [0.1, 0.15) is 11.7 Å². The van der Waals surface area contributed by atoms with E-state index in [2.05, 4.69) is 0 Å². The summed E-state index contributed by atoms with van der Waals surface area (Å²) in [5.41, 5.74) is 3.40. The molecule has 0 aliphatic carbocycles. The first kappa shape index (κ1) is 13.7. The minimum Gasteiger partial charge on any atom is -0.384 e. The van der Waals surface area contributed by atoms with Crippen LogP contribution in [0.2, 0.25) is 0 Å². The maximum Gasteiger partial charge on any atom is 0.419 e. The molecule has 0 aliphatic rings. The van der Waals surface area contributed by atoms with Crippen molar-refractivity contribution >= 4 is 18.2 Å². The van der Waals surface area contributed by atoms with Crippen LogP contribution in [0, 0.1) is 11.2 Å². The SMILES string of the molecule is Cl.N=C(N)c1ccc(F)c(C(F)(F)F)c1. The summed E-state index contributed by atoms with van der Waals surface area (Å²) in [5.74, 6) is -1.90. The number of nitrogen functional groups attached to an aromatic ring is 1. The first-order chi connectivity index (χ1) is 6.32. The average Bonchev–Trinajstić information content (AvgIpc) is 2.02. The van der Waals surface area contributed by atoms with Crippen LogP contribution in [0.3, 0.4) is 0 Å². The second kappa shape index (κ2) is 4.48. The maximum atomic E-state index is 12.7. The molecule has 0 unspecified atom stereocenters. The predicted molar refractivity (Wildman–Crippen MR) is 49.7 cm³/mol. The van der Waals surface area contributed by atoms with Crippen LogP contribution < -0.4 is 5.73 Å². The zero-order chi connectivity index (χ0) is 10.9. The third kappa shape index (κ3) is 3.09. The molecule has 0 saturated carbocycles. The molecule has 0 atom stereocenters. The molecular weight excluding hydrogens is 236 g/mol. The third-order valence-corrected chi connectivity index (χ3v) is 1.58. The molecule has 0 aromatic heterocycles. The second-order valence-corrected chi connectivity index (χ2v) is 2.61. The van der Waals surface area contributed by atoms with Crippen molar-refractivity contribution in [3.05, 3.63) is 35.1 Å². The average molecular weight is 243 g/mol. The zero-order valence-corrected chi connectivity index (χ0v) is 8.05. The van der Waals surface area contributed by atoms with Crippen LogP contribution in [0.25, 0.3) is 0 Å². The van der Waals surface area contributed by atoms with E-state index >= 15 is 0 Å². The van der Waals surface area contributed by atoms with E-state index in [-0.39, 0.29) is 18.0 Å². The Morgan fingerprint density at radius 3 is 2.20 bits per heavy atom. The Kier molecular flexibility index (Phi) is 4.09. The molecule has 0 saturated heterocycles. The summed E-state index contributed by atoms with van der Waals surface area (Å²) in [4.78, 5) is 0. The molecule has 0 spiro atoms. The van der Waals surface area contributed by atoms with Gasteiger partial charge in [0, 0.05) is 5.56 Å². The highest BCUT2D eigenvalue weighted by atomic mass is 35.5. The highest BCUT2D eigenvalue weighted by Gasteiger charge is 2.34. The largest absolute Gasteiger partial charge is 0.419 e. The first-order valence-corrected chi connectivity index (χ1v) is 3.53. The number of hydrogen-bond donors (Lipinski definition) is 2. The van der Waals surface area contributed by atoms with Crippen molar-refractivity contribution in [2.24, 2.45) is 5.73 Å². The van der Waals surface area contributed by atoms with Crippen molar-refractivity contribution < 1.29 is 17.6 Å². The van der Waals surface area contributed by atoms with E-state index in [4.69, 9.17) is 11.1 Å². The fourth-order valence-corrected chi connectivity index (χ4v) is 0.910. The summed E-state index contributed by atoms with van der Waals surface area (Å²) in [7, 11) is 0. The molecule has 15 heavy (non-hydrogen) atoms. The fraction of sp³-hybridized carbons (Fsp3) is 0.125. The van der Waals surface area contributed by atoms with Crippen molar-refractivity contribution in [2.45, 2.75) is 6.18 Å². The lowest BCUT2D eigenvalue weighted by Gasteiger charge is -2.09. The van der Waals surface area contributed by atoms with Gasteiger partial charge in [-0.05, 0) is 18.2 Å². The van der Waals surface area contributed by atoms with Crippen molar-refractivity contribution in [3.8, 4) is 0 Å². The van der Waals surface area contributed by atoms with Crippen molar-refractivity contribution in [1.82, 2.24) is 0 Å². The maximum absolute atomic E-state index is 12.7. The number of benzene rings is 1. The van der Waals surface area contributed by atoms with Crippen LogP contribution in [0.5, 0.6) is 0 Å². The molecule has 0 heterocycles. The molecule has 1 aromatic carbocycles. The molecule has 2 nitrogen and oxygen atoms in total. The van der Waals surface area contributed by atoms with Gasteiger partial charge in [-0.2, -0.15) is 13.2 Å². The van der Waals surface area contributed by atoms with Gasteiger partial charge in [0.05, 0.1) is 5.56 Å². The van der Waals surface area contributed by atoms with E-state index in [0.29, 0.717) is 12.1 Å². The Hall–Kier alpha value is -1.30. The summed E-state index contributed by atoms with van der Waals surface area (Å²) in [6.45, 7) is 0. The van der Waals surface area contributed by atoms with E-state index in [0.717, 1.165) is 6.07 Å². The van der Waals surface area contributed by atoms with Crippen molar-refractivity contribution in [1.29, 1.82) is 5.41 Å². The fourth-order valence-electron chi connectivity index (χ4n) is 0.910. The standard InChI is InChI=1S/C8H6F4N2.ClH/c9-6-2-1-4(7(13)14)3-5(6)8(10,11)12;/h1-3H,(H3,13,14);1H. The van der Waals surface area contributed by atoms with Gasteiger partial charge in [-0.15, -0.1) is 12.4 Å². The highest BCUT2D eigenvalue weighted by molar-refractivity contribution is 5.95.